The Morgan fingerprint density at radius 1 is 1.07 bits per heavy atom. The Kier molecular flexibility index (Phi) is 5.18. The molecule has 0 amide bonds. The first-order chi connectivity index (χ1) is 12.8. The van der Waals surface area contributed by atoms with E-state index >= 15 is 0 Å². The molecule has 3 rings (SSSR count). The van der Waals surface area contributed by atoms with E-state index in [4.69, 9.17) is 9.15 Å². The number of nitrogens with zero attached hydrogens (tertiary/aromatic N) is 2. The SMILES string of the molecule is COc1ccc(-c2ccc(C(F)(F)F)cc2)cc1C(O)Cc1nnc(C)o1. The third-order valence-electron chi connectivity index (χ3n) is 4.07. The molecule has 0 fully saturated rings. The van der Waals surface area contributed by atoms with Gasteiger partial charge < -0.3 is 14.3 Å². The smallest absolute Gasteiger partial charge is 0.416 e. The van der Waals surface area contributed by atoms with Crippen LogP contribution in [0.15, 0.2) is 46.9 Å². The lowest BCUT2D eigenvalue weighted by molar-refractivity contribution is -0.137. The van der Waals surface area contributed by atoms with Crippen molar-refractivity contribution in [3.05, 3.63) is 65.4 Å². The van der Waals surface area contributed by atoms with Gasteiger partial charge >= 0.3 is 6.18 Å². The van der Waals surface area contributed by atoms with Crippen LogP contribution in [-0.2, 0) is 12.6 Å². The highest BCUT2D eigenvalue weighted by Crippen LogP contribution is 2.34. The summed E-state index contributed by atoms with van der Waals surface area (Å²) in [6.07, 6.45) is -5.27. The number of halogens is 3. The number of methoxy groups -OCH3 is 1. The molecule has 142 valence electrons. The second-order valence-electron chi connectivity index (χ2n) is 5.97. The van der Waals surface area contributed by atoms with Crippen molar-refractivity contribution >= 4 is 0 Å². The number of aryl methyl sites for hydroxylation is 1. The molecule has 0 saturated carbocycles. The van der Waals surface area contributed by atoms with Crippen LogP contribution in [0.3, 0.4) is 0 Å². The van der Waals surface area contributed by atoms with E-state index in [0.717, 1.165) is 12.1 Å². The minimum absolute atomic E-state index is 0.0909. The zero-order chi connectivity index (χ0) is 19.6. The van der Waals surface area contributed by atoms with Crippen molar-refractivity contribution in [3.63, 3.8) is 0 Å². The molecule has 3 aromatic rings. The molecular weight excluding hydrogens is 361 g/mol. The summed E-state index contributed by atoms with van der Waals surface area (Å²) in [6, 6.07) is 9.88. The van der Waals surface area contributed by atoms with Gasteiger partial charge in [-0.1, -0.05) is 18.2 Å². The summed E-state index contributed by atoms with van der Waals surface area (Å²) in [5, 5.41) is 18.1. The first-order valence-electron chi connectivity index (χ1n) is 8.10. The summed E-state index contributed by atoms with van der Waals surface area (Å²) < 4.78 is 48.8. The molecule has 0 aliphatic heterocycles. The average Bonchev–Trinajstić information content (AvgIpc) is 3.05. The van der Waals surface area contributed by atoms with E-state index < -0.39 is 17.8 Å². The first kappa shape index (κ1) is 18.9. The van der Waals surface area contributed by atoms with Crippen LogP contribution in [0.5, 0.6) is 5.75 Å². The van der Waals surface area contributed by atoms with Crippen LogP contribution >= 0.6 is 0 Å². The number of rotatable bonds is 5. The molecule has 1 atom stereocenters. The number of alkyl halides is 3. The van der Waals surface area contributed by atoms with Gasteiger partial charge in [0, 0.05) is 12.5 Å². The predicted molar refractivity (Wildman–Crippen MR) is 91.1 cm³/mol. The van der Waals surface area contributed by atoms with Gasteiger partial charge in [-0.2, -0.15) is 13.2 Å². The van der Waals surface area contributed by atoms with Crippen molar-refractivity contribution in [3.8, 4) is 16.9 Å². The van der Waals surface area contributed by atoms with E-state index in [9.17, 15) is 18.3 Å². The van der Waals surface area contributed by atoms with Crippen LogP contribution in [0.4, 0.5) is 13.2 Å². The fourth-order valence-electron chi connectivity index (χ4n) is 2.72. The van der Waals surface area contributed by atoms with Crippen molar-refractivity contribution in [1.82, 2.24) is 10.2 Å². The summed E-state index contributed by atoms with van der Waals surface area (Å²) in [5.74, 6) is 1.12. The Morgan fingerprint density at radius 2 is 1.74 bits per heavy atom. The van der Waals surface area contributed by atoms with Crippen molar-refractivity contribution in [2.45, 2.75) is 25.6 Å². The standard InChI is InChI=1S/C19H17F3N2O3/c1-11-23-24-18(27-11)10-16(25)15-9-13(5-8-17(15)26-2)12-3-6-14(7-4-12)19(20,21)22/h3-9,16,25H,10H2,1-2H3. The van der Waals surface area contributed by atoms with Gasteiger partial charge in [-0.05, 0) is 35.4 Å². The normalized spacial score (nSPS) is 12.8. The van der Waals surface area contributed by atoms with E-state index in [1.165, 1.54) is 19.2 Å². The number of aliphatic hydroxyl groups excluding tert-OH is 1. The van der Waals surface area contributed by atoms with E-state index in [1.807, 2.05) is 0 Å². The molecule has 8 heteroatoms. The Balaban J connectivity index is 1.91. The number of aromatic nitrogens is 2. The summed E-state index contributed by atoms with van der Waals surface area (Å²) in [7, 11) is 1.47. The van der Waals surface area contributed by atoms with Gasteiger partial charge in [-0.3, -0.25) is 0 Å². The van der Waals surface area contributed by atoms with Crippen LogP contribution < -0.4 is 4.74 Å². The number of aliphatic hydroxyl groups is 1. The molecule has 0 aliphatic rings. The molecule has 0 aliphatic carbocycles. The predicted octanol–water partition coefficient (Wildman–Crippen LogP) is 4.35. The van der Waals surface area contributed by atoms with Gasteiger partial charge in [0.1, 0.15) is 5.75 Å². The average molecular weight is 378 g/mol. The highest BCUT2D eigenvalue weighted by molar-refractivity contribution is 5.66. The minimum atomic E-state index is -4.39. The molecule has 1 heterocycles. The molecule has 0 spiro atoms. The summed E-state index contributed by atoms with van der Waals surface area (Å²) in [5.41, 5.74) is 1.01. The van der Waals surface area contributed by atoms with Gasteiger partial charge in [-0.25, -0.2) is 0 Å². The van der Waals surface area contributed by atoms with Crippen LogP contribution in [0.25, 0.3) is 11.1 Å². The summed E-state index contributed by atoms with van der Waals surface area (Å²) >= 11 is 0. The molecule has 27 heavy (non-hydrogen) atoms. The second-order valence-corrected chi connectivity index (χ2v) is 5.97. The zero-order valence-corrected chi connectivity index (χ0v) is 14.6. The third-order valence-corrected chi connectivity index (χ3v) is 4.07. The molecule has 1 N–H and O–H groups in total. The fourth-order valence-corrected chi connectivity index (χ4v) is 2.72. The number of hydrogen-bond donors (Lipinski definition) is 1. The van der Waals surface area contributed by atoms with Crippen molar-refractivity contribution in [1.29, 1.82) is 0 Å². The molecule has 0 saturated heterocycles. The van der Waals surface area contributed by atoms with Gasteiger partial charge in [0.2, 0.25) is 11.8 Å². The largest absolute Gasteiger partial charge is 0.496 e. The molecule has 5 nitrogen and oxygen atoms in total. The lowest BCUT2D eigenvalue weighted by Crippen LogP contribution is -2.05. The highest BCUT2D eigenvalue weighted by Gasteiger charge is 2.30. The van der Waals surface area contributed by atoms with Crippen molar-refractivity contribution in [2.24, 2.45) is 0 Å². The first-order valence-corrected chi connectivity index (χ1v) is 8.10. The number of benzene rings is 2. The van der Waals surface area contributed by atoms with Crippen LogP contribution in [0.1, 0.15) is 29.0 Å². The molecule has 2 aromatic carbocycles. The highest BCUT2D eigenvalue weighted by atomic mass is 19.4. The minimum Gasteiger partial charge on any atom is -0.496 e. The quantitative estimate of drug-likeness (QED) is 0.715. The fraction of sp³-hybridized carbons (Fsp3) is 0.263. The lowest BCUT2D eigenvalue weighted by atomic mass is 9.97. The van der Waals surface area contributed by atoms with E-state index in [0.29, 0.717) is 28.3 Å². The molecule has 0 bridgehead atoms. The molecule has 1 aromatic heterocycles. The van der Waals surface area contributed by atoms with Crippen molar-refractivity contribution in [2.75, 3.05) is 7.11 Å². The van der Waals surface area contributed by atoms with Crippen LogP contribution in [0.2, 0.25) is 0 Å². The summed E-state index contributed by atoms with van der Waals surface area (Å²) in [4.78, 5) is 0. The maximum atomic E-state index is 12.7. The summed E-state index contributed by atoms with van der Waals surface area (Å²) in [6.45, 7) is 1.65. The Hall–Kier alpha value is -2.87. The van der Waals surface area contributed by atoms with E-state index in [1.54, 1.807) is 25.1 Å². The molecule has 1 unspecified atom stereocenters. The molecule has 0 radical (unpaired) electrons. The van der Waals surface area contributed by atoms with Gasteiger partial charge in [0.25, 0.3) is 0 Å². The van der Waals surface area contributed by atoms with Gasteiger partial charge in [0.15, 0.2) is 0 Å². The Labute approximate surface area is 153 Å². The maximum Gasteiger partial charge on any atom is 0.416 e. The number of ether oxygens (including phenoxy) is 1. The topological polar surface area (TPSA) is 68.4 Å². The van der Waals surface area contributed by atoms with Crippen LogP contribution in [0, 0.1) is 6.92 Å². The zero-order valence-electron chi connectivity index (χ0n) is 14.6. The maximum absolute atomic E-state index is 12.7. The van der Waals surface area contributed by atoms with Crippen molar-refractivity contribution < 1.29 is 27.4 Å². The van der Waals surface area contributed by atoms with E-state index in [-0.39, 0.29) is 12.3 Å². The Bertz CT molecular complexity index is 921. The van der Waals surface area contributed by atoms with E-state index in [2.05, 4.69) is 10.2 Å². The Morgan fingerprint density at radius 3 is 2.30 bits per heavy atom. The third kappa shape index (κ3) is 4.28. The lowest BCUT2D eigenvalue weighted by Gasteiger charge is -2.15. The van der Waals surface area contributed by atoms with Gasteiger partial charge in [0.05, 0.1) is 25.2 Å². The number of hydrogen-bond acceptors (Lipinski definition) is 5. The van der Waals surface area contributed by atoms with Gasteiger partial charge in [-0.15, -0.1) is 10.2 Å². The monoisotopic (exact) mass is 378 g/mol. The molecular formula is C19H17F3N2O3. The van der Waals surface area contributed by atoms with Crippen LogP contribution in [-0.4, -0.2) is 22.4 Å². The second kappa shape index (κ2) is 7.40.